The summed E-state index contributed by atoms with van der Waals surface area (Å²) in [7, 11) is -3.74. The predicted molar refractivity (Wildman–Crippen MR) is 130 cm³/mol. The number of anilines is 1. The highest BCUT2D eigenvalue weighted by Crippen LogP contribution is 2.47. The van der Waals surface area contributed by atoms with Gasteiger partial charge in [-0.1, -0.05) is 23.9 Å². The van der Waals surface area contributed by atoms with Gasteiger partial charge in [-0.15, -0.1) is 0 Å². The van der Waals surface area contributed by atoms with Crippen LogP contribution >= 0.6 is 11.8 Å². The minimum Gasteiger partial charge on any atom is -0.455 e. The molecular weight excluding hydrogens is 452 g/mol. The molecule has 0 radical (unpaired) electrons. The first-order valence-electron chi connectivity index (χ1n) is 10.5. The second-order valence-corrected chi connectivity index (χ2v) is 10.8. The lowest BCUT2D eigenvalue weighted by Crippen LogP contribution is -2.37. The van der Waals surface area contributed by atoms with Crippen molar-refractivity contribution >= 4 is 27.5 Å². The van der Waals surface area contributed by atoms with Gasteiger partial charge in [-0.05, 0) is 55.0 Å². The molecule has 33 heavy (non-hydrogen) atoms. The zero-order valence-corrected chi connectivity index (χ0v) is 20.1. The Hall–Kier alpha value is -3.29. The van der Waals surface area contributed by atoms with Crippen LogP contribution in [-0.2, 0) is 10.0 Å². The summed E-state index contributed by atoms with van der Waals surface area (Å²) in [6, 6.07) is 24.2. The lowest BCUT2D eigenvalue weighted by atomic mass is 10.2. The molecule has 4 aromatic rings. The SMILES string of the molecule is Cc1cc(C)[n+](-c2ccc(S(=O)(=O)Nc3ccc4c(c3)Sc3ccccc3O4)cc2)c(C)c1. The van der Waals surface area contributed by atoms with Gasteiger partial charge in [0.15, 0.2) is 11.4 Å². The van der Waals surface area contributed by atoms with Crippen molar-refractivity contribution in [3.8, 4) is 17.2 Å². The van der Waals surface area contributed by atoms with Gasteiger partial charge >= 0.3 is 0 Å². The Balaban J connectivity index is 1.39. The van der Waals surface area contributed by atoms with Gasteiger partial charge in [0.25, 0.3) is 10.0 Å². The minimum atomic E-state index is -3.74. The predicted octanol–water partition coefficient (Wildman–Crippen LogP) is 5.95. The van der Waals surface area contributed by atoms with Crippen LogP contribution in [-0.4, -0.2) is 8.42 Å². The van der Waals surface area contributed by atoms with Gasteiger partial charge in [-0.3, -0.25) is 4.72 Å². The second kappa shape index (κ2) is 8.24. The van der Waals surface area contributed by atoms with Gasteiger partial charge < -0.3 is 4.74 Å². The number of aromatic nitrogens is 1. The number of hydrogen-bond donors (Lipinski definition) is 1. The molecule has 5 rings (SSSR count). The molecule has 0 amide bonds. The zero-order valence-electron chi connectivity index (χ0n) is 18.5. The smallest absolute Gasteiger partial charge is 0.261 e. The average Bonchev–Trinajstić information content (AvgIpc) is 2.77. The van der Waals surface area contributed by atoms with Gasteiger partial charge in [-0.2, -0.15) is 4.57 Å². The maximum atomic E-state index is 13.0. The molecule has 2 heterocycles. The van der Waals surface area contributed by atoms with Crippen LogP contribution in [0.5, 0.6) is 11.5 Å². The fourth-order valence-corrected chi connectivity index (χ4v) is 6.13. The number of hydrogen-bond acceptors (Lipinski definition) is 4. The van der Waals surface area contributed by atoms with Crippen LogP contribution in [0.4, 0.5) is 5.69 Å². The molecule has 166 valence electrons. The summed E-state index contributed by atoms with van der Waals surface area (Å²) in [5.41, 5.74) is 4.80. The molecule has 0 spiro atoms. The van der Waals surface area contributed by atoms with Crippen LogP contribution in [0.2, 0.25) is 0 Å². The van der Waals surface area contributed by atoms with Crippen LogP contribution in [0.15, 0.2) is 93.5 Å². The van der Waals surface area contributed by atoms with Crippen molar-refractivity contribution in [3.05, 3.63) is 95.8 Å². The molecule has 0 bridgehead atoms. The van der Waals surface area contributed by atoms with E-state index >= 15 is 0 Å². The van der Waals surface area contributed by atoms with Crippen molar-refractivity contribution in [2.75, 3.05) is 4.72 Å². The topological polar surface area (TPSA) is 59.3 Å². The molecule has 3 aromatic carbocycles. The third-order valence-corrected chi connectivity index (χ3v) is 7.96. The van der Waals surface area contributed by atoms with Crippen molar-refractivity contribution in [3.63, 3.8) is 0 Å². The number of aryl methyl sites for hydroxylation is 3. The Morgan fingerprint density at radius 1 is 0.788 bits per heavy atom. The van der Waals surface area contributed by atoms with Crippen LogP contribution < -0.4 is 14.0 Å². The van der Waals surface area contributed by atoms with Crippen molar-refractivity contribution in [1.82, 2.24) is 0 Å². The van der Waals surface area contributed by atoms with E-state index in [0.717, 1.165) is 32.6 Å². The number of pyridine rings is 1. The molecular formula is C26H23N2O3S2+. The number of nitrogens with zero attached hydrogens (tertiary/aromatic N) is 1. The maximum Gasteiger partial charge on any atom is 0.261 e. The summed E-state index contributed by atoms with van der Waals surface area (Å²) in [6.07, 6.45) is 0. The van der Waals surface area contributed by atoms with E-state index in [1.165, 1.54) is 5.56 Å². The second-order valence-electron chi connectivity index (χ2n) is 8.06. The highest BCUT2D eigenvalue weighted by Gasteiger charge is 2.21. The lowest BCUT2D eigenvalue weighted by molar-refractivity contribution is -0.609. The Morgan fingerprint density at radius 2 is 1.45 bits per heavy atom. The maximum absolute atomic E-state index is 13.0. The Morgan fingerprint density at radius 3 is 2.18 bits per heavy atom. The standard InChI is InChI=1S/C26H23N2O3S2/c1-17-14-18(2)28(19(3)15-17)21-9-11-22(12-10-21)33(29,30)27-20-8-13-24-26(16-20)32-25-7-5-4-6-23(25)31-24/h4-16,27H,1-3H3/q+1. The monoisotopic (exact) mass is 475 g/mol. The summed E-state index contributed by atoms with van der Waals surface area (Å²) in [6.45, 7) is 6.15. The Kier molecular flexibility index (Phi) is 5.38. The van der Waals surface area contributed by atoms with Crippen LogP contribution in [0, 0.1) is 20.8 Å². The summed E-state index contributed by atoms with van der Waals surface area (Å²) < 4.78 is 36.8. The Bertz CT molecular complexity index is 1460. The van der Waals surface area contributed by atoms with Gasteiger partial charge in [0.1, 0.15) is 11.5 Å². The molecule has 0 fully saturated rings. The quantitative estimate of drug-likeness (QED) is 0.327. The molecule has 0 aliphatic carbocycles. The van der Waals surface area contributed by atoms with E-state index in [2.05, 4.69) is 28.3 Å². The molecule has 5 nitrogen and oxygen atoms in total. The number of ether oxygens (including phenoxy) is 1. The van der Waals surface area contributed by atoms with Crippen molar-refractivity contribution in [2.45, 2.75) is 35.5 Å². The molecule has 1 aromatic heterocycles. The Labute approximate surface area is 198 Å². The highest BCUT2D eigenvalue weighted by atomic mass is 32.2. The fourth-order valence-electron chi connectivity index (χ4n) is 4.09. The van der Waals surface area contributed by atoms with Crippen molar-refractivity contribution < 1.29 is 17.7 Å². The third-order valence-electron chi connectivity index (χ3n) is 5.47. The largest absolute Gasteiger partial charge is 0.455 e. The third kappa shape index (κ3) is 4.21. The number of para-hydroxylation sites is 1. The van der Waals surface area contributed by atoms with Gasteiger partial charge in [0.2, 0.25) is 5.69 Å². The van der Waals surface area contributed by atoms with E-state index in [4.69, 9.17) is 4.74 Å². The lowest BCUT2D eigenvalue weighted by Gasteiger charge is -2.20. The fraction of sp³-hybridized carbons (Fsp3) is 0.115. The summed E-state index contributed by atoms with van der Waals surface area (Å²) in [5.74, 6) is 1.52. The van der Waals surface area contributed by atoms with E-state index in [0.29, 0.717) is 11.4 Å². The molecule has 0 unspecified atom stereocenters. The molecule has 7 heteroatoms. The number of sulfonamides is 1. The minimum absolute atomic E-state index is 0.209. The van der Waals surface area contributed by atoms with Crippen LogP contribution in [0.25, 0.3) is 5.69 Å². The molecule has 1 N–H and O–H groups in total. The zero-order chi connectivity index (χ0) is 23.2. The number of rotatable bonds is 4. The molecule has 0 saturated heterocycles. The van der Waals surface area contributed by atoms with E-state index in [1.54, 1.807) is 42.1 Å². The van der Waals surface area contributed by atoms with E-state index in [9.17, 15) is 8.42 Å². The summed E-state index contributed by atoms with van der Waals surface area (Å²) in [4.78, 5) is 2.08. The molecule has 0 atom stereocenters. The highest BCUT2D eigenvalue weighted by molar-refractivity contribution is 7.99. The first-order valence-corrected chi connectivity index (χ1v) is 12.8. The molecule has 1 aliphatic rings. The van der Waals surface area contributed by atoms with E-state index < -0.39 is 10.0 Å². The van der Waals surface area contributed by atoms with Crippen LogP contribution in [0.1, 0.15) is 17.0 Å². The first kappa shape index (κ1) is 21.6. The number of benzene rings is 3. The van der Waals surface area contributed by atoms with Crippen molar-refractivity contribution in [2.24, 2.45) is 0 Å². The van der Waals surface area contributed by atoms with Crippen molar-refractivity contribution in [1.29, 1.82) is 0 Å². The molecule has 1 aliphatic heterocycles. The average molecular weight is 476 g/mol. The van der Waals surface area contributed by atoms with Gasteiger partial charge in [-0.25, -0.2) is 8.42 Å². The van der Waals surface area contributed by atoms with Gasteiger partial charge in [0.05, 0.1) is 20.4 Å². The normalized spacial score (nSPS) is 12.5. The summed E-state index contributed by atoms with van der Waals surface area (Å²) >= 11 is 1.56. The van der Waals surface area contributed by atoms with Crippen LogP contribution in [0.3, 0.4) is 0 Å². The first-order chi connectivity index (χ1) is 15.8. The van der Waals surface area contributed by atoms with E-state index in [-0.39, 0.29) is 4.90 Å². The number of fused-ring (bicyclic) bond motifs is 2. The summed E-state index contributed by atoms with van der Waals surface area (Å²) in [5, 5.41) is 0. The van der Waals surface area contributed by atoms with E-state index in [1.807, 2.05) is 50.2 Å². The number of nitrogens with one attached hydrogen (secondary N) is 1. The molecule has 0 saturated carbocycles. The van der Waals surface area contributed by atoms with Gasteiger partial charge in [0, 0.05) is 38.1 Å².